The molecule has 2 aliphatic heterocycles. The third-order valence-corrected chi connectivity index (χ3v) is 11.7. The number of fused-ring (bicyclic) bond motifs is 5. The van der Waals surface area contributed by atoms with Crippen LogP contribution in [0.4, 0.5) is 0 Å². The number of unbranched alkanes of at least 4 members (excludes halogenated alkanes) is 7. The van der Waals surface area contributed by atoms with Gasteiger partial charge in [-0.1, -0.05) is 69.7 Å². The van der Waals surface area contributed by atoms with Crippen molar-refractivity contribution < 1.29 is 42.5 Å². The molecule has 7 rings (SSSR count). The molecule has 0 spiro atoms. The molecule has 0 unspecified atom stereocenters. The molecular weight excluding hydrogens is 779 g/mol. The molecule has 62 heavy (non-hydrogen) atoms. The fourth-order valence-electron chi connectivity index (χ4n) is 8.65. The minimum absolute atomic E-state index is 0.139. The molecule has 0 radical (unpaired) electrons. The van der Waals surface area contributed by atoms with Crippen LogP contribution in [0.25, 0.3) is 33.2 Å². The number of pyridine rings is 1. The van der Waals surface area contributed by atoms with Gasteiger partial charge in [-0.05, 0) is 103 Å². The molecule has 3 heterocycles. The number of hydrogen-bond acceptors (Lipinski definition) is 8. The molecule has 0 aliphatic carbocycles. The number of nitrogens with zero attached hydrogens (tertiary/aromatic N) is 1. The summed E-state index contributed by atoms with van der Waals surface area (Å²) in [5.41, 5.74) is 8.66. The number of ether oxygens (including phenoxy) is 7. The highest BCUT2D eigenvalue weighted by molar-refractivity contribution is 5.97. The minimum Gasteiger partial charge on any atom is -0.493 e. The van der Waals surface area contributed by atoms with Crippen molar-refractivity contribution in [2.75, 3.05) is 40.8 Å². The highest BCUT2D eigenvalue weighted by Gasteiger charge is 2.33. The van der Waals surface area contributed by atoms with E-state index in [9.17, 15) is 4.79 Å². The molecule has 0 saturated heterocycles. The number of esters is 1. The van der Waals surface area contributed by atoms with Crippen molar-refractivity contribution in [3.8, 4) is 56.9 Å². The molecule has 2 aliphatic rings. The quantitative estimate of drug-likeness (QED) is 0.0263. The fraction of sp³-hybridized carbons (Fsp3) is 0.396. The van der Waals surface area contributed by atoms with E-state index in [2.05, 4.69) is 73.3 Å². The first-order chi connectivity index (χ1) is 30.5. The average Bonchev–Trinajstić information content (AvgIpc) is 3.75. The molecule has 0 fully saturated rings. The van der Waals surface area contributed by atoms with Gasteiger partial charge in [0, 0.05) is 22.9 Å². The first kappa shape index (κ1) is 44.1. The van der Waals surface area contributed by atoms with Crippen LogP contribution in [0.1, 0.15) is 87.0 Å². The minimum atomic E-state index is -0.239. The number of aromatic nitrogens is 1. The standard InChI is InChI=1S/C53H62NO8/c1-6-17-37-19-22-47(42(30-37)38-20-23-46(58-27-8-3)40(31-38)18-7-2)59-28-15-13-11-9-10-12-14-16-29-60-51(55)34-44-41-21-24-48(56-4)53(57-5)45(41)35-54-26-25-39-32-49-50(62-36-61-49)33-43(39)52(44)54/h6-7,19-24,30-33,35H,1-2,8-18,25-29,34,36H2,3-5H3/q+1. The van der Waals surface area contributed by atoms with Crippen LogP contribution in [-0.2, 0) is 41.8 Å². The Morgan fingerprint density at radius 1 is 0.726 bits per heavy atom. The van der Waals surface area contributed by atoms with Crippen LogP contribution in [0.3, 0.4) is 0 Å². The van der Waals surface area contributed by atoms with Gasteiger partial charge < -0.3 is 33.2 Å². The summed E-state index contributed by atoms with van der Waals surface area (Å²) < 4.78 is 43.4. The average molecular weight is 841 g/mol. The molecule has 4 aromatic carbocycles. The molecule has 0 N–H and O–H groups in total. The first-order valence-corrected chi connectivity index (χ1v) is 22.4. The van der Waals surface area contributed by atoms with Gasteiger partial charge in [-0.15, -0.1) is 13.2 Å². The van der Waals surface area contributed by atoms with Gasteiger partial charge in [0.2, 0.25) is 12.5 Å². The Hall–Kier alpha value is -5.96. The van der Waals surface area contributed by atoms with Gasteiger partial charge in [-0.25, -0.2) is 0 Å². The lowest BCUT2D eigenvalue weighted by Gasteiger charge is -2.20. The van der Waals surface area contributed by atoms with Crippen LogP contribution >= 0.6 is 0 Å². The van der Waals surface area contributed by atoms with Crippen molar-refractivity contribution in [2.45, 2.75) is 96.9 Å². The molecule has 0 amide bonds. The molecule has 5 aromatic rings. The van der Waals surface area contributed by atoms with Gasteiger partial charge in [0.15, 0.2) is 35.7 Å². The van der Waals surface area contributed by atoms with Crippen LogP contribution < -0.4 is 33.0 Å². The van der Waals surface area contributed by atoms with Crippen molar-refractivity contribution in [2.24, 2.45) is 0 Å². The Labute approximate surface area is 367 Å². The Kier molecular flexibility index (Phi) is 15.4. The smallest absolute Gasteiger partial charge is 0.310 e. The number of carbonyl (C=O) groups is 1. The van der Waals surface area contributed by atoms with Gasteiger partial charge in [0.1, 0.15) is 11.5 Å². The number of rotatable bonds is 24. The number of carbonyl (C=O) groups excluding carboxylic acids is 1. The number of allylic oxidation sites excluding steroid dienone is 2. The van der Waals surface area contributed by atoms with Crippen LogP contribution in [0.5, 0.6) is 34.5 Å². The van der Waals surface area contributed by atoms with E-state index in [1.165, 1.54) is 24.0 Å². The van der Waals surface area contributed by atoms with Gasteiger partial charge in [0.05, 0.1) is 51.4 Å². The zero-order valence-electron chi connectivity index (χ0n) is 36.9. The number of methoxy groups -OCH3 is 2. The number of hydrogen-bond donors (Lipinski definition) is 0. The van der Waals surface area contributed by atoms with Crippen LogP contribution in [0.15, 0.2) is 92.2 Å². The summed E-state index contributed by atoms with van der Waals surface area (Å²) in [7, 11) is 3.28. The monoisotopic (exact) mass is 840 g/mol. The highest BCUT2D eigenvalue weighted by atomic mass is 16.7. The van der Waals surface area contributed by atoms with E-state index in [1.54, 1.807) is 14.2 Å². The van der Waals surface area contributed by atoms with E-state index < -0.39 is 0 Å². The normalized spacial score (nSPS) is 12.4. The number of benzene rings is 4. The lowest BCUT2D eigenvalue weighted by Crippen LogP contribution is -2.41. The third-order valence-electron chi connectivity index (χ3n) is 11.7. The Morgan fingerprint density at radius 3 is 2.18 bits per heavy atom. The van der Waals surface area contributed by atoms with Crippen molar-refractivity contribution in [3.63, 3.8) is 0 Å². The lowest BCUT2D eigenvalue weighted by atomic mass is 9.90. The molecule has 1 aromatic heterocycles. The SMILES string of the molecule is C=CCc1ccc(OCCCCCCCCCCOC(=O)Cc2c3[n+](cc4c(OC)c(OC)ccc24)CCc2cc4c(cc2-3)OCO4)c(-c2ccc(OCCC)c(CC=C)c2)c1. The molecule has 9 nitrogen and oxygen atoms in total. The molecule has 0 atom stereocenters. The Morgan fingerprint density at radius 2 is 1.44 bits per heavy atom. The van der Waals surface area contributed by atoms with Crippen molar-refractivity contribution in [3.05, 3.63) is 114 Å². The Bertz CT molecular complexity index is 2370. The van der Waals surface area contributed by atoms with Gasteiger partial charge >= 0.3 is 5.97 Å². The zero-order valence-corrected chi connectivity index (χ0v) is 36.9. The highest BCUT2D eigenvalue weighted by Crippen LogP contribution is 2.44. The van der Waals surface area contributed by atoms with E-state index in [4.69, 9.17) is 33.2 Å². The van der Waals surface area contributed by atoms with Crippen LogP contribution in [-0.4, -0.2) is 46.8 Å². The summed E-state index contributed by atoms with van der Waals surface area (Å²) in [5.74, 6) is 4.36. The molecule has 326 valence electrons. The summed E-state index contributed by atoms with van der Waals surface area (Å²) >= 11 is 0. The summed E-state index contributed by atoms with van der Waals surface area (Å²) in [6.45, 7) is 12.8. The summed E-state index contributed by atoms with van der Waals surface area (Å²) in [4.78, 5) is 13.5. The second-order valence-corrected chi connectivity index (χ2v) is 16.1. The summed E-state index contributed by atoms with van der Waals surface area (Å²) in [5, 5.41) is 1.83. The predicted octanol–water partition coefficient (Wildman–Crippen LogP) is 11.3. The lowest BCUT2D eigenvalue weighted by molar-refractivity contribution is -0.686. The van der Waals surface area contributed by atoms with Gasteiger partial charge in [-0.2, -0.15) is 4.57 Å². The van der Waals surface area contributed by atoms with E-state index in [0.717, 1.165) is 138 Å². The maximum atomic E-state index is 13.5. The zero-order chi connectivity index (χ0) is 43.3. The molecule has 0 bridgehead atoms. The van der Waals surface area contributed by atoms with Crippen molar-refractivity contribution in [1.82, 2.24) is 0 Å². The maximum absolute atomic E-state index is 13.5. The number of aryl methyl sites for hydroxylation is 2. The van der Waals surface area contributed by atoms with Crippen LogP contribution in [0.2, 0.25) is 0 Å². The van der Waals surface area contributed by atoms with E-state index >= 15 is 0 Å². The first-order valence-electron chi connectivity index (χ1n) is 22.4. The van der Waals surface area contributed by atoms with Crippen LogP contribution in [0, 0.1) is 0 Å². The van der Waals surface area contributed by atoms with Gasteiger partial charge in [0.25, 0.3) is 0 Å². The van der Waals surface area contributed by atoms with Crippen molar-refractivity contribution >= 4 is 16.7 Å². The molecule has 9 heteroatoms. The fourth-order valence-corrected chi connectivity index (χ4v) is 8.65. The third kappa shape index (κ3) is 10.4. The van der Waals surface area contributed by atoms with E-state index in [-0.39, 0.29) is 19.2 Å². The van der Waals surface area contributed by atoms with Gasteiger partial charge in [-0.3, -0.25) is 4.79 Å². The summed E-state index contributed by atoms with van der Waals surface area (Å²) in [6, 6.07) is 20.9. The second kappa shape index (κ2) is 21.7. The second-order valence-electron chi connectivity index (χ2n) is 16.1. The molecular formula is C53H62NO8+. The topological polar surface area (TPSA) is 85.6 Å². The Balaban J connectivity index is 0.867. The van der Waals surface area contributed by atoms with Crippen molar-refractivity contribution in [1.29, 1.82) is 0 Å². The van der Waals surface area contributed by atoms with E-state index in [0.29, 0.717) is 31.3 Å². The largest absolute Gasteiger partial charge is 0.493 e. The summed E-state index contributed by atoms with van der Waals surface area (Å²) in [6.07, 6.45) is 18.1. The van der Waals surface area contributed by atoms with E-state index in [1.807, 2.05) is 30.4 Å². The predicted molar refractivity (Wildman–Crippen MR) is 245 cm³/mol. The maximum Gasteiger partial charge on any atom is 0.310 e. The molecule has 0 saturated carbocycles.